The van der Waals surface area contributed by atoms with Crippen LogP contribution < -0.4 is 0 Å². The molecule has 0 saturated heterocycles. The molecule has 0 amide bonds. The van der Waals surface area contributed by atoms with Gasteiger partial charge in [0.1, 0.15) is 23.7 Å². The third-order valence-corrected chi connectivity index (χ3v) is 7.36. The standard InChI is InChI=1S/6C5H12.6C4H10.C4H6.2C2H3N3.2C2H2N2O.C2H2N2S.CH2N4.6CH4/c6*1-4-5(2)3;6*1-4(2)3;1-3-4-2;1-3-2-5-4-1;1-2-4-5-3-1;1-3-4-2-5-1;1-3-2-5-4-1;1-3-4-2-5-1;1-2-4-5-3-1;;;;;;/h6*5H,4H2,1-3H3;6*4H,1-3H3;1-2H3;2*1-2H,(H,3,4,5);3*1-2H;1H,(H,2,3,4,5);6*1H4. The molecule has 3 N–H and O–H groups in total. The fourth-order valence-corrected chi connectivity index (χ4v) is 1.14. The van der Waals surface area contributed by atoms with E-state index in [1.165, 1.54) is 94.4 Å². The molecule has 0 aliphatic carbocycles. The van der Waals surface area contributed by atoms with Gasteiger partial charge in [-0.2, -0.15) is 25.7 Å². The molecule has 0 unspecified atom stereocenters. The zero-order chi connectivity index (χ0) is 71.8. The van der Waals surface area contributed by atoms with E-state index in [0.29, 0.717) is 0 Å². The molecular formula is C75H176N16O2S. The average Bonchev–Trinajstić information content (AvgIpc) is 4.31. The highest BCUT2D eigenvalue weighted by molar-refractivity contribution is 7.07. The Bertz CT molecular complexity index is 1290. The molecule has 0 saturated carbocycles. The second-order valence-corrected chi connectivity index (χ2v) is 26.0. The summed E-state index contributed by atoms with van der Waals surface area (Å²) in [5.74, 6) is 15.7. The Kier molecular flexibility index (Phi) is 209. The van der Waals surface area contributed by atoms with Crippen LogP contribution in [-0.2, 0) is 0 Å². The van der Waals surface area contributed by atoms with E-state index >= 15 is 0 Å². The molecule has 6 heterocycles. The van der Waals surface area contributed by atoms with Crippen molar-refractivity contribution in [3.63, 3.8) is 0 Å². The van der Waals surface area contributed by atoms with Crippen molar-refractivity contribution in [3.05, 3.63) is 67.9 Å². The molecule has 6 aromatic rings. The Morgan fingerprint density at radius 3 is 0.681 bits per heavy atom. The number of hydrogen-bond donors (Lipinski definition) is 3. The van der Waals surface area contributed by atoms with Crippen molar-refractivity contribution in [1.29, 1.82) is 0 Å². The molecule has 0 aliphatic heterocycles. The Morgan fingerprint density at radius 2 is 0.617 bits per heavy atom. The molecule has 6 rings (SSSR count). The maximum atomic E-state index is 4.36. The number of hydrogen-bond acceptors (Lipinski definition) is 16. The van der Waals surface area contributed by atoms with Crippen LogP contribution in [0.5, 0.6) is 0 Å². The summed E-state index contributed by atoms with van der Waals surface area (Å²) in [4.78, 5) is 7.00. The number of aromatic nitrogens is 16. The summed E-state index contributed by atoms with van der Waals surface area (Å²) in [5.41, 5.74) is 3.36. The fraction of sp³-hybridized carbons (Fsp3) is 0.827. The van der Waals surface area contributed by atoms with Gasteiger partial charge in [0, 0.05) is 0 Å². The van der Waals surface area contributed by atoms with E-state index in [-0.39, 0.29) is 44.6 Å². The summed E-state index contributed by atoms with van der Waals surface area (Å²) >= 11 is 1.49. The number of nitrogens with one attached hydrogen (secondary N) is 3. The maximum absolute atomic E-state index is 4.36. The van der Waals surface area contributed by atoms with E-state index in [2.05, 4.69) is 352 Å². The van der Waals surface area contributed by atoms with Gasteiger partial charge in [0.25, 0.3) is 0 Å². The second-order valence-electron chi connectivity index (χ2n) is 25.3. The molecule has 0 aliphatic rings. The summed E-state index contributed by atoms with van der Waals surface area (Å²) in [6.45, 7) is 82.5. The van der Waals surface area contributed by atoms with Gasteiger partial charge >= 0.3 is 0 Å². The molecule has 18 nitrogen and oxygen atoms in total. The third kappa shape index (κ3) is 448. The van der Waals surface area contributed by atoms with Gasteiger partial charge in [-0.05, 0) is 84.9 Å². The van der Waals surface area contributed by atoms with Crippen molar-refractivity contribution < 1.29 is 8.94 Å². The van der Waals surface area contributed by atoms with Gasteiger partial charge in [-0.25, -0.2) is 9.97 Å². The van der Waals surface area contributed by atoms with E-state index in [1.54, 1.807) is 23.4 Å². The minimum atomic E-state index is 0. The molecular weight excluding hydrogens is 1190 g/mol. The Balaban J connectivity index is -0.0000000371. The van der Waals surface area contributed by atoms with E-state index in [4.69, 9.17) is 0 Å². The molecule has 6 aromatic heterocycles. The van der Waals surface area contributed by atoms with Gasteiger partial charge in [0.15, 0.2) is 12.7 Å². The minimum absolute atomic E-state index is 0. The number of aromatic amines is 3. The minimum Gasteiger partial charge on any atom is -0.431 e. The van der Waals surface area contributed by atoms with Crippen LogP contribution in [0.2, 0.25) is 0 Å². The molecule has 0 atom stereocenters. The lowest BCUT2D eigenvalue weighted by atomic mass is 10.2. The molecule has 0 bridgehead atoms. The lowest BCUT2D eigenvalue weighted by Gasteiger charge is -1.90. The van der Waals surface area contributed by atoms with Gasteiger partial charge in [-0.3, -0.25) is 5.10 Å². The lowest BCUT2D eigenvalue weighted by molar-refractivity contribution is 0.416. The molecule has 94 heavy (non-hydrogen) atoms. The first kappa shape index (κ1) is 140. The van der Waals surface area contributed by atoms with Crippen LogP contribution in [0.25, 0.3) is 0 Å². The van der Waals surface area contributed by atoms with Crippen molar-refractivity contribution in [2.24, 2.45) is 71.0 Å². The smallest absolute Gasteiger partial charge is 0.213 e. The van der Waals surface area contributed by atoms with Gasteiger partial charge in [0.2, 0.25) is 19.2 Å². The topological polar surface area (TPSA) is 241 Å². The Hall–Kier alpha value is -5.25. The predicted octanol–water partition coefficient (Wildman–Crippen LogP) is 26.6. The normalized spacial score (nSPS) is 8.06. The number of rotatable bonds is 6. The first-order valence-electron chi connectivity index (χ1n) is 32.6. The molecule has 0 aromatic carbocycles. The quantitative estimate of drug-likeness (QED) is 0.131. The molecule has 0 radical (unpaired) electrons. The highest BCUT2D eigenvalue weighted by atomic mass is 32.1. The first-order valence-corrected chi connectivity index (χ1v) is 33.5. The molecule has 574 valence electrons. The van der Waals surface area contributed by atoms with E-state index < -0.39 is 0 Å². The molecule has 0 spiro atoms. The molecule has 0 fully saturated rings. The summed E-state index contributed by atoms with van der Waals surface area (Å²) in [6.07, 6.45) is 20.4. The van der Waals surface area contributed by atoms with Gasteiger partial charge in [-0.15, -0.1) is 53.8 Å². The monoisotopic (exact) mass is 1370 g/mol. The summed E-state index contributed by atoms with van der Waals surface area (Å²) in [7, 11) is 0. The van der Waals surface area contributed by atoms with Crippen LogP contribution in [0.1, 0.15) is 346 Å². The van der Waals surface area contributed by atoms with Crippen LogP contribution >= 0.6 is 11.3 Å². The second kappa shape index (κ2) is 140. The number of nitrogens with zero attached hydrogens (tertiary/aromatic N) is 13. The van der Waals surface area contributed by atoms with E-state index in [0.717, 1.165) is 71.0 Å². The third-order valence-electron chi connectivity index (χ3n) is 6.93. The fourth-order valence-electron chi connectivity index (χ4n) is 0.871. The number of H-pyrrole nitrogens is 3. The van der Waals surface area contributed by atoms with Crippen molar-refractivity contribution in [3.8, 4) is 11.8 Å². The lowest BCUT2D eigenvalue weighted by Crippen LogP contribution is -1.77. The van der Waals surface area contributed by atoms with Crippen LogP contribution in [0.3, 0.4) is 0 Å². The van der Waals surface area contributed by atoms with Crippen LogP contribution in [-0.4, -0.2) is 81.8 Å². The number of tetrazole rings is 1. The summed E-state index contributed by atoms with van der Waals surface area (Å²) in [5, 5.41) is 44.3. The van der Waals surface area contributed by atoms with Gasteiger partial charge in [0.05, 0.1) is 12.4 Å². The maximum Gasteiger partial charge on any atom is 0.213 e. The average molecular weight is 1370 g/mol. The van der Waals surface area contributed by atoms with Crippen LogP contribution in [0.15, 0.2) is 76.8 Å². The molecule has 19 heteroatoms. The van der Waals surface area contributed by atoms with Crippen molar-refractivity contribution >= 4 is 11.3 Å². The highest BCUT2D eigenvalue weighted by Crippen LogP contribution is 1.97. The first-order chi connectivity index (χ1) is 40.9. The van der Waals surface area contributed by atoms with Crippen LogP contribution in [0.4, 0.5) is 0 Å². The SMILES string of the molecule is C.C.C.C.C.C.CC#CC.CC(C)C.CC(C)C.CC(C)C.CC(C)C.CC(C)C.CC(C)C.CCC(C)C.CCC(C)C.CCC(C)C.CCC(C)C.CCC(C)C.CCC(C)C.c1cn[nH]n1.c1nc[nH]n1.c1ncon1.c1nn[nH]n1.c1nnco1.c1nncs1. The Labute approximate surface area is 596 Å². The highest BCUT2D eigenvalue weighted by Gasteiger charge is 1.83. The summed E-state index contributed by atoms with van der Waals surface area (Å²) < 4.78 is 8.58. The van der Waals surface area contributed by atoms with E-state index in [1.807, 2.05) is 13.8 Å². The van der Waals surface area contributed by atoms with Gasteiger partial charge in [-0.1, -0.05) is 343 Å². The van der Waals surface area contributed by atoms with Crippen molar-refractivity contribution in [2.75, 3.05) is 0 Å². The largest absolute Gasteiger partial charge is 0.431 e. The van der Waals surface area contributed by atoms with Crippen LogP contribution in [0, 0.1) is 82.9 Å². The van der Waals surface area contributed by atoms with Gasteiger partial charge < -0.3 is 8.94 Å². The van der Waals surface area contributed by atoms with Crippen molar-refractivity contribution in [2.45, 2.75) is 346 Å². The van der Waals surface area contributed by atoms with Crippen molar-refractivity contribution in [1.82, 2.24) is 81.8 Å². The zero-order valence-corrected chi connectivity index (χ0v) is 65.9. The summed E-state index contributed by atoms with van der Waals surface area (Å²) in [6, 6.07) is 0. The predicted molar refractivity (Wildman–Crippen MR) is 429 cm³/mol. The Morgan fingerprint density at radius 1 is 0.340 bits per heavy atom. The van der Waals surface area contributed by atoms with E-state index in [9.17, 15) is 0 Å². The zero-order valence-electron chi connectivity index (χ0n) is 65.1.